The van der Waals surface area contributed by atoms with Crippen molar-refractivity contribution < 1.29 is 9.59 Å². The number of piperazine rings is 1. The molecule has 2 aromatic carbocycles. The number of hydrogen-bond donors (Lipinski definition) is 1. The highest BCUT2D eigenvalue weighted by atomic mass is 16.2. The van der Waals surface area contributed by atoms with Gasteiger partial charge in [-0.05, 0) is 11.6 Å². The maximum atomic E-state index is 12.6. The van der Waals surface area contributed by atoms with Crippen LogP contribution in [0.5, 0.6) is 0 Å². The molecule has 2 amide bonds. The maximum Gasteiger partial charge on any atom is 0.274 e. The fourth-order valence-corrected chi connectivity index (χ4v) is 3.68. The zero-order chi connectivity index (χ0) is 21.5. The lowest BCUT2D eigenvalue weighted by molar-refractivity contribution is -0.116. The molecule has 2 heterocycles. The lowest BCUT2D eigenvalue weighted by Gasteiger charge is -2.34. The predicted octanol–water partition coefficient (Wildman–Crippen LogP) is 2.93. The Morgan fingerprint density at radius 1 is 0.903 bits per heavy atom. The molecule has 0 bridgehead atoms. The molecule has 1 saturated heterocycles. The van der Waals surface area contributed by atoms with Crippen LogP contribution in [0, 0.1) is 0 Å². The van der Waals surface area contributed by atoms with Crippen LogP contribution in [0.25, 0.3) is 11.1 Å². The van der Waals surface area contributed by atoms with E-state index in [1.807, 2.05) is 54.6 Å². The minimum Gasteiger partial charge on any atom is -0.335 e. The number of carbonyl (C=O) groups is 2. The van der Waals surface area contributed by atoms with Gasteiger partial charge in [0.2, 0.25) is 5.91 Å². The Bertz CT molecular complexity index is 1020. The molecule has 0 spiro atoms. The molecule has 1 N–H and O–H groups in total. The SMILES string of the molecule is O=C(CCN1CCN(C(=O)c2cnccn2)CC1)Nc1ccccc1-c1ccccc1. The van der Waals surface area contributed by atoms with Gasteiger partial charge in [0.05, 0.1) is 6.20 Å². The molecule has 158 valence electrons. The Morgan fingerprint density at radius 3 is 2.39 bits per heavy atom. The summed E-state index contributed by atoms with van der Waals surface area (Å²) in [6.07, 6.45) is 4.98. The zero-order valence-corrected chi connectivity index (χ0v) is 17.3. The molecule has 1 aromatic heterocycles. The van der Waals surface area contributed by atoms with E-state index in [0.717, 1.165) is 29.9 Å². The molecule has 0 unspecified atom stereocenters. The second-order valence-electron chi connectivity index (χ2n) is 7.43. The van der Waals surface area contributed by atoms with Gasteiger partial charge < -0.3 is 10.2 Å². The Kier molecular flexibility index (Phi) is 6.64. The van der Waals surface area contributed by atoms with Crippen LogP contribution < -0.4 is 5.32 Å². The summed E-state index contributed by atoms with van der Waals surface area (Å²) in [7, 11) is 0. The first-order valence-electron chi connectivity index (χ1n) is 10.4. The highest BCUT2D eigenvalue weighted by Gasteiger charge is 2.23. The van der Waals surface area contributed by atoms with Crippen LogP contribution in [0.4, 0.5) is 5.69 Å². The van der Waals surface area contributed by atoms with E-state index < -0.39 is 0 Å². The number of nitrogens with one attached hydrogen (secondary N) is 1. The van der Waals surface area contributed by atoms with E-state index in [0.29, 0.717) is 31.7 Å². The molecule has 4 rings (SSSR count). The highest BCUT2D eigenvalue weighted by molar-refractivity contribution is 5.95. The van der Waals surface area contributed by atoms with Gasteiger partial charge in [0, 0.05) is 62.8 Å². The number of nitrogens with zero attached hydrogens (tertiary/aromatic N) is 4. The minimum atomic E-state index is -0.0944. The number of rotatable bonds is 6. The lowest BCUT2D eigenvalue weighted by atomic mass is 10.0. The molecule has 31 heavy (non-hydrogen) atoms. The Morgan fingerprint density at radius 2 is 1.65 bits per heavy atom. The molecule has 0 saturated carbocycles. The van der Waals surface area contributed by atoms with Crippen molar-refractivity contribution in [3.8, 4) is 11.1 Å². The molecule has 7 heteroatoms. The Labute approximate surface area is 181 Å². The van der Waals surface area contributed by atoms with Crippen LogP contribution in [-0.2, 0) is 4.79 Å². The van der Waals surface area contributed by atoms with Crippen LogP contribution in [-0.4, -0.2) is 64.3 Å². The predicted molar refractivity (Wildman–Crippen MR) is 120 cm³/mol. The second kappa shape index (κ2) is 9.95. The van der Waals surface area contributed by atoms with Crippen molar-refractivity contribution in [3.63, 3.8) is 0 Å². The summed E-state index contributed by atoms with van der Waals surface area (Å²) >= 11 is 0. The number of benzene rings is 2. The van der Waals surface area contributed by atoms with E-state index >= 15 is 0 Å². The number of amides is 2. The van der Waals surface area contributed by atoms with Crippen molar-refractivity contribution in [2.24, 2.45) is 0 Å². The van der Waals surface area contributed by atoms with E-state index in [2.05, 4.69) is 20.2 Å². The van der Waals surface area contributed by atoms with Gasteiger partial charge >= 0.3 is 0 Å². The van der Waals surface area contributed by atoms with Crippen LogP contribution in [0.3, 0.4) is 0 Å². The third-order valence-corrected chi connectivity index (χ3v) is 5.38. The average molecular weight is 415 g/mol. The smallest absolute Gasteiger partial charge is 0.274 e. The molecule has 1 fully saturated rings. The standard InChI is InChI=1S/C24H25N5O2/c30-23(27-21-9-5-4-8-20(21)19-6-2-1-3-7-19)10-13-28-14-16-29(17-15-28)24(31)22-18-25-11-12-26-22/h1-9,11-12,18H,10,13-17H2,(H,27,30). The number of para-hydroxylation sites is 1. The van der Waals surface area contributed by atoms with Gasteiger partial charge in [-0.15, -0.1) is 0 Å². The van der Waals surface area contributed by atoms with E-state index in [1.165, 1.54) is 12.4 Å². The quantitative estimate of drug-likeness (QED) is 0.670. The topological polar surface area (TPSA) is 78.4 Å². The summed E-state index contributed by atoms with van der Waals surface area (Å²) in [5.74, 6) is -0.107. The van der Waals surface area contributed by atoms with Gasteiger partial charge in [-0.2, -0.15) is 0 Å². The summed E-state index contributed by atoms with van der Waals surface area (Å²) in [5, 5.41) is 3.05. The molecule has 7 nitrogen and oxygen atoms in total. The normalized spacial score (nSPS) is 14.3. The van der Waals surface area contributed by atoms with Crippen molar-refractivity contribution in [2.45, 2.75) is 6.42 Å². The van der Waals surface area contributed by atoms with E-state index in [9.17, 15) is 9.59 Å². The fraction of sp³-hybridized carbons (Fsp3) is 0.250. The Hall–Kier alpha value is -3.58. The number of carbonyl (C=O) groups excluding carboxylic acids is 2. The highest BCUT2D eigenvalue weighted by Crippen LogP contribution is 2.27. The summed E-state index contributed by atoms with van der Waals surface area (Å²) in [4.78, 5) is 37.1. The van der Waals surface area contributed by atoms with E-state index in [1.54, 1.807) is 11.1 Å². The molecule has 3 aromatic rings. The number of hydrogen-bond acceptors (Lipinski definition) is 5. The largest absolute Gasteiger partial charge is 0.335 e. The summed E-state index contributed by atoms with van der Waals surface area (Å²) in [5.41, 5.74) is 3.26. The van der Waals surface area contributed by atoms with E-state index in [-0.39, 0.29) is 11.8 Å². The molecular formula is C24H25N5O2. The van der Waals surface area contributed by atoms with Crippen molar-refractivity contribution in [2.75, 3.05) is 38.0 Å². The molecule has 1 aliphatic rings. The van der Waals surface area contributed by atoms with Gasteiger partial charge in [-0.25, -0.2) is 4.98 Å². The zero-order valence-electron chi connectivity index (χ0n) is 17.3. The Balaban J connectivity index is 1.27. The van der Waals surface area contributed by atoms with Crippen molar-refractivity contribution in [1.29, 1.82) is 0 Å². The molecule has 0 aliphatic carbocycles. The average Bonchev–Trinajstić information content (AvgIpc) is 2.84. The van der Waals surface area contributed by atoms with Crippen molar-refractivity contribution >= 4 is 17.5 Å². The van der Waals surface area contributed by atoms with Gasteiger partial charge in [-0.3, -0.25) is 19.5 Å². The van der Waals surface area contributed by atoms with Crippen LogP contribution in [0.15, 0.2) is 73.2 Å². The summed E-state index contributed by atoms with van der Waals surface area (Å²) in [6, 6.07) is 17.9. The van der Waals surface area contributed by atoms with Crippen molar-refractivity contribution in [1.82, 2.24) is 19.8 Å². The van der Waals surface area contributed by atoms with Crippen molar-refractivity contribution in [3.05, 3.63) is 78.9 Å². The third kappa shape index (κ3) is 5.32. The molecule has 0 atom stereocenters. The van der Waals surface area contributed by atoms with Gasteiger partial charge in [-0.1, -0.05) is 48.5 Å². The number of anilines is 1. The monoisotopic (exact) mass is 415 g/mol. The summed E-state index contributed by atoms with van der Waals surface area (Å²) in [6.45, 7) is 3.37. The first-order valence-corrected chi connectivity index (χ1v) is 10.4. The molecule has 0 radical (unpaired) electrons. The first-order chi connectivity index (χ1) is 15.2. The summed E-state index contributed by atoms with van der Waals surface area (Å²) < 4.78 is 0. The number of aromatic nitrogens is 2. The fourth-order valence-electron chi connectivity index (χ4n) is 3.68. The van der Waals surface area contributed by atoms with Gasteiger partial charge in [0.1, 0.15) is 5.69 Å². The molecular weight excluding hydrogens is 390 g/mol. The second-order valence-corrected chi connectivity index (χ2v) is 7.43. The van der Waals surface area contributed by atoms with Gasteiger partial charge in [0.25, 0.3) is 5.91 Å². The third-order valence-electron chi connectivity index (χ3n) is 5.38. The lowest BCUT2D eigenvalue weighted by Crippen LogP contribution is -2.49. The van der Waals surface area contributed by atoms with Gasteiger partial charge in [0.15, 0.2) is 0 Å². The van der Waals surface area contributed by atoms with E-state index in [4.69, 9.17) is 0 Å². The first kappa shape index (κ1) is 20.7. The molecule has 1 aliphatic heterocycles. The minimum absolute atomic E-state index is 0.0125. The van der Waals surface area contributed by atoms with Crippen LogP contribution >= 0.6 is 0 Å². The van der Waals surface area contributed by atoms with Crippen LogP contribution in [0.2, 0.25) is 0 Å². The maximum absolute atomic E-state index is 12.6. The van der Waals surface area contributed by atoms with Crippen LogP contribution in [0.1, 0.15) is 16.9 Å².